The fourth-order valence-corrected chi connectivity index (χ4v) is 2.95. The molecule has 1 aromatic rings. The highest BCUT2D eigenvalue weighted by molar-refractivity contribution is 5.79. The van der Waals surface area contributed by atoms with Gasteiger partial charge in [0.25, 0.3) is 0 Å². The van der Waals surface area contributed by atoms with Crippen LogP contribution in [0.15, 0.2) is 24.5 Å². The van der Waals surface area contributed by atoms with Crippen molar-refractivity contribution in [1.29, 1.82) is 0 Å². The van der Waals surface area contributed by atoms with Gasteiger partial charge in [-0.05, 0) is 25.1 Å². The third kappa shape index (κ3) is 2.77. The van der Waals surface area contributed by atoms with Gasteiger partial charge in [0.05, 0.1) is 18.1 Å². The summed E-state index contributed by atoms with van der Waals surface area (Å²) in [6, 6.07) is 3.84. The second kappa shape index (κ2) is 5.27. The lowest BCUT2D eigenvalue weighted by Gasteiger charge is -2.29. The van der Waals surface area contributed by atoms with Gasteiger partial charge in [0, 0.05) is 32.0 Å². The zero-order valence-corrected chi connectivity index (χ0v) is 11.1. The Labute approximate surface area is 113 Å². The SMILES string of the molecule is CN1C[C@H]2C[C@H](C(=O)NCc3cccnc3)[C@@H](C1)O2. The fourth-order valence-electron chi connectivity index (χ4n) is 2.95. The quantitative estimate of drug-likeness (QED) is 0.856. The molecule has 0 unspecified atom stereocenters. The Morgan fingerprint density at radius 3 is 3.26 bits per heavy atom. The maximum atomic E-state index is 12.2. The van der Waals surface area contributed by atoms with Crippen LogP contribution in [0, 0.1) is 5.92 Å². The highest BCUT2D eigenvalue weighted by atomic mass is 16.5. The number of likely N-dealkylation sites (N-methyl/N-ethyl adjacent to an activating group) is 1. The molecule has 1 aromatic heterocycles. The van der Waals surface area contributed by atoms with Crippen molar-refractivity contribution in [3.8, 4) is 0 Å². The molecule has 0 saturated carbocycles. The molecule has 0 spiro atoms. The van der Waals surface area contributed by atoms with Crippen LogP contribution in [-0.4, -0.2) is 48.1 Å². The number of rotatable bonds is 3. The number of nitrogens with one attached hydrogen (secondary N) is 1. The van der Waals surface area contributed by atoms with Crippen LogP contribution >= 0.6 is 0 Å². The number of aromatic nitrogens is 1. The number of likely N-dealkylation sites (tertiary alicyclic amines) is 1. The summed E-state index contributed by atoms with van der Waals surface area (Å²) in [5, 5.41) is 2.99. The van der Waals surface area contributed by atoms with E-state index in [-0.39, 0.29) is 24.0 Å². The average Bonchev–Trinajstić information content (AvgIpc) is 2.72. The number of pyridine rings is 1. The lowest BCUT2D eigenvalue weighted by atomic mass is 9.99. The molecule has 2 bridgehead atoms. The number of hydrogen-bond donors (Lipinski definition) is 1. The molecular formula is C14H19N3O2. The standard InChI is InChI=1S/C14H19N3O2/c1-17-8-11-5-12(13(9-17)19-11)14(18)16-7-10-3-2-4-15-6-10/h2-4,6,11-13H,5,7-9H2,1H3,(H,16,18)/t11-,12+,13-/m1/s1. The lowest BCUT2D eigenvalue weighted by Crippen LogP contribution is -2.43. The largest absolute Gasteiger partial charge is 0.371 e. The van der Waals surface area contributed by atoms with Crippen molar-refractivity contribution < 1.29 is 9.53 Å². The summed E-state index contributed by atoms with van der Waals surface area (Å²) in [5.74, 6) is 0.0956. The summed E-state index contributed by atoms with van der Waals surface area (Å²) in [7, 11) is 2.08. The van der Waals surface area contributed by atoms with E-state index in [4.69, 9.17) is 4.74 Å². The molecule has 5 nitrogen and oxygen atoms in total. The van der Waals surface area contributed by atoms with Crippen LogP contribution in [0.2, 0.25) is 0 Å². The summed E-state index contributed by atoms with van der Waals surface area (Å²) in [4.78, 5) is 18.5. The molecule has 2 aliphatic rings. The van der Waals surface area contributed by atoms with Gasteiger partial charge < -0.3 is 15.0 Å². The second-order valence-electron chi connectivity index (χ2n) is 5.44. The number of morpholine rings is 1. The first-order valence-electron chi connectivity index (χ1n) is 6.73. The molecular weight excluding hydrogens is 242 g/mol. The normalized spacial score (nSPS) is 30.3. The Kier molecular flexibility index (Phi) is 3.48. The third-order valence-electron chi connectivity index (χ3n) is 3.87. The van der Waals surface area contributed by atoms with Crippen LogP contribution < -0.4 is 5.32 Å². The van der Waals surface area contributed by atoms with Gasteiger partial charge >= 0.3 is 0 Å². The van der Waals surface area contributed by atoms with Crippen LogP contribution in [0.4, 0.5) is 0 Å². The second-order valence-corrected chi connectivity index (χ2v) is 5.44. The first-order valence-corrected chi connectivity index (χ1v) is 6.73. The molecule has 2 fully saturated rings. The van der Waals surface area contributed by atoms with Crippen molar-refractivity contribution in [2.45, 2.75) is 25.2 Å². The van der Waals surface area contributed by atoms with Crippen molar-refractivity contribution in [1.82, 2.24) is 15.2 Å². The number of carbonyl (C=O) groups is 1. The van der Waals surface area contributed by atoms with Crippen LogP contribution in [0.5, 0.6) is 0 Å². The zero-order valence-electron chi connectivity index (χ0n) is 11.1. The van der Waals surface area contributed by atoms with E-state index in [0.29, 0.717) is 6.54 Å². The highest BCUT2D eigenvalue weighted by Gasteiger charge is 2.43. The predicted molar refractivity (Wildman–Crippen MR) is 70.3 cm³/mol. The van der Waals surface area contributed by atoms with E-state index >= 15 is 0 Å². The fraction of sp³-hybridized carbons (Fsp3) is 0.571. The molecule has 1 amide bonds. The lowest BCUT2D eigenvalue weighted by molar-refractivity contribution is -0.128. The molecule has 0 aliphatic carbocycles. The summed E-state index contributed by atoms with van der Waals surface area (Å²) in [6.07, 6.45) is 4.62. The van der Waals surface area contributed by atoms with E-state index < -0.39 is 0 Å². The molecule has 3 heterocycles. The van der Waals surface area contributed by atoms with Crippen molar-refractivity contribution in [2.24, 2.45) is 5.92 Å². The first-order chi connectivity index (χ1) is 9.22. The molecule has 2 aliphatic heterocycles. The summed E-state index contributed by atoms with van der Waals surface area (Å²) >= 11 is 0. The van der Waals surface area contributed by atoms with E-state index in [0.717, 1.165) is 25.1 Å². The topological polar surface area (TPSA) is 54.5 Å². The van der Waals surface area contributed by atoms with E-state index in [1.54, 1.807) is 12.4 Å². The summed E-state index contributed by atoms with van der Waals surface area (Å²) in [5.41, 5.74) is 1.02. The minimum absolute atomic E-state index is 0.00776. The molecule has 1 N–H and O–H groups in total. The van der Waals surface area contributed by atoms with Gasteiger partial charge in [0.1, 0.15) is 0 Å². The number of nitrogens with zero attached hydrogens (tertiary/aromatic N) is 2. The van der Waals surface area contributed by atoms with Crippen LogP contribution in [0.3, 0.4) is 0 Å². The first kappa shape index (κ1) is 12.6. The number of ether oxygens (including phenoxy) is 1. The van der Waals surface area contributed by atoms with Crippen molar-refractivity contribution in [2.75, 3.05) is 20.1 Å². The van der Waals surface area contributed by atoms with E-state index in [9.17, 15) is 4.79 Å². The molecule has 19 heavy (non-hydrogen) atoms. The molecule has 102 valence electrons. The Bertz CT molecular complexity index is 451. The Morgan fingerprint density at radius 2 is 2.47 bits per heavy atom. The van der Waals surface area contributed by atoms with E-state index in [2.05, 4.69) is 22.2 Å². The van der Waals surface area contributed by atoms with E-state index in [1.807, 2.05) is 12.1 Å². The van der Waals surface area contributed by atoms with Crippen LogP contribution in [0.25, 0.3) is 0 Å². The number of carbonyl (C=O) groups excluding carboxylic acids is 1. The van der Waals surface area contributed by atoms with Crippen molar-refractivity contribution in [3.63, 3.8) is 0 Å². The minimum Gasteiger partial charge on any atom is -0.371 e. The van der Waals surface area contributed by atoms with Gasteiger partial charge in [-0.2, -0.15) is 0 Å². The smallest absolute Gasteiger partial charge is 0.226 e. The zero-order chi connectivity index (χ0) is 13.2. The highest BCUT2D eigenvalue weighted by Crippen LogP contribution is 2.31. The third-order valence-corrected chi connectivity index (χ3v) is 3.87. The van der Waals surface area contributed by atoms with Gasteiger partial charge in [-0.1, -0.05) is 6.07 Å². The van der Waals surface area contributed by atoms with Crippen molar-refractivity contribution >= 4 is 5.91 Å². The molecule has 5 heteroatoms. The Morgan fingerprint density at radius 1 is 1.58 bits per heavy atom. The number of hydrogen-bond acceptors (Lipinski definition) is 4. The molecule has 3 rings (SSSR count). The van der Waals surface area contributed by atoms with Gasteiger partial charge in [-0.15, -0.1) is 0 Å². The molecule has 2 saturated heterocycles. The molecule has 0 radical (unpaired) electrons. The number of fused-ring (bicyclic) bond motifs is 2. The van der Waals surface area contributed by atoms with Gasteiger partial charge in [-0.3, -0.25) is 9.78 Å². The van der Waals surface area contributed by atoms with Crippen molar-refractivity contribution in [3.05, 3.63) is 30.1 Å². The minimum atomic E-state index is -0.00776. The number of amides is 1. The van der Waals surface area contributed by atoms with Gasteiger partial charge in [0.15, 0.2) is 0 Å². The predicted octanol–water partition coefficient (Wildman–Crippen LogP) is 0.417. The average molecular weight is 261 g/mol. The van der Waals surface area contributed by atoms with Gasteiger partial charge in [0.2, 0.25) is 5.91 Å². The van der Waals surface area contributed by atoms with Crippen LogP contribution in [0.1, 0.15) is 12.0 Å². The summed E-state index contributed by atoms with van der Waals surface area (Å²) in [6.45, 7) is 2.32. The van der Waals surface area contributed by atoms with E-state index in [1.165, 1.54) is 0 Å². The monoisotopic (exact) mass is 261 g/mol. The molecule has 0 aromatic carbocycles. The maximum absolute atomic E-state index is 12.2. The Balaban J connectivity index is 1.56. The molecule has 3 atom stereocenters. The van der Waals surface area contributed by atoms with Gasteiger partial charge in [-0.25, -0.2) is 0 Å². The summed E-state index contributed by atoms with van der Waals surface area (Å²) < 4.78 is 5.84. The van der Waals surface area contributed by atoms with Crippen LogP contribution in [-0.2, 0) is 16.1 Å². The maximum Gasteiger partial charge on any atom is 0.226 e. The Hall–Kier alpha value is -1.46.